The molecule has 2 N–H and O–H groups in total. The molecule has 0 saturated heterocycles. The van der Waals surface area contributed by atoms with Crippen LogP contribution in [0.15, 0.2) is 47.7 Å². The molecule has 0 aliphatic carbocycles. The number of aliphatic imine (C=N–C) groups is 1. The summed E-state index contributed by atoms with van der Waals surface area (Å²) in [5, 5.41) is 7.80. The minimum atomic E-state index is 0.540. The zero-order chi connectivity index (χ0) is 19.8. The second-order valence-corrected chi connectivity index (χ2v) is 7.85. The summed E-state index contributed by atoms with van der Waals surface area (Å²) in [4.78, 5) is 14.9. The van der Waals surface area contributed by atoms with Crippen LogP contribution in [-0.2, 0) is 26.1 Å². The van der Waals surface area contributed by atoms with Crippen molar-refractivity contribution in [3.63, 3.8) is 0 Å². The predicted octanol–water partition coefficient (Wildman–Crippen LogP) is 3.45. The van der Waals surface area contributed by atoms with E-state index in [0.717, 1.165) is 48.5 Å². The minimum Gasteiger partial charge on any atom is -0.357 e. The first-order valence-corrected chi connectivity index (χ1v) is 10.5. The smallest absolute Gasteiger partial charge is 0.191 e. The lowest BCUT2D eigenvalue weighted by Crippen LogP contribution is -2.36. The van der Waals surface area contributed by atoms with Gasteiger partial charge in [-0.3, -0.25) is 0 Å². The molecule has 0 spiro atoms. The van der Waals surface area contributed by atoms with Crippen LogP contribution in [-0.4, -0.2) is 27.0 Å². The van der Waals surface area contributed by atoms with Gasteiger partial charge in [-0.25, -0.2) is 15.0 Å². The number of aromatic nitrogens is 3. The van der Waals surface area contributed by atoms with Crippen LogP contribution in [0.4, 0.5) is 0 Å². The second kappa shape index (κ2) is 10.0. The van der Waals surface area contributed by atoms with E-state index in [4.69, 9.17) is 4.99 Å². The van der Waals surface area contributed by atoms with Crippen molar-refractivity contribution in [3.05, 3.63) is 69.7 Å². The summed E-state index contributed by atoms with van der Waals surface area (Å²) in [6.45, 7) is 9.14. The van der Waals surface area contributed by atoms with E-state index < -0.39 is 0 Å². The minimum absolute atomic E-state index is 0.540. The summed E-state index contributed by atoms with van der Waals surface area (Å²) >= 11 is 1.72. The SMILES string of the molecule is CCNC(=NCc1nccn1CCc1ccccc1)NCc1sc(C)nc1C. The Morgan fingerprint density at radius 2 is 2.00 bits per heavy atom. The molecular weight excluding hydrogens is 368 g/mol. The normalized spacial score (nSPS) is 11.6. The Morgan fingerprint density at radius 1 is 1.18 bits per heavy atom. The molecule has 0 radical (unpaired) electrons. The highest BCUT2D eigenvalue weighted by molar-refractivity contribution is 7.11. The number of hydrogen-bond acceptors (Lipinski definition) is 4. The Bertz CT molecular complexity index is 897. The van der Waals surface area contributed by atoms with Crippen molar-refractivity contribution < 1.29 is 0 Å². The highest BCUT2D eigenvalue weighted by atomic mass is 32.1. The van der Waals surface area contributed by atoms with Gasteiger partial charge in [-0.15, -0.1) is 11.3 Å². The van der Waals surface area contributed by atoms with Crippen LogP contribution in [0, 0.1) is 13.8 Å². The van der Waals surface area contributed by atoms with Gasteiger partial charge in [-0.05, 0) is 32.8 Å². The molecule has 0 bridgehead atoms. The van der Waals surface area contributed by atoms with Crippen molar-refractivity contribution in [2.75, 3.05) is 6.54 Å². The third kappa shape index (κ3) is 5.66. The molecule has 6 nitrogen and oxygen atoms in total. The standard InChI is InChI=1S/C21H28N6S/c1-4-22-21(24-14-19-16(2)26-17(3)28-19)25-15-20-23-11-13-27(20)12-10-18-8-6-5-7-9-18/h5-9,11,13H,4,10,12,14-15H2,1-3H3,(H2,22,24,25). The fourth-order valence-corrected chi connectivity index (χ4v) is 3.86. The molecule has 0 atom stereocenters. The number of imidazole rings is 1. The quantitative estimate of drug-likeness (QED) is 0.452. The van der Waals surface area contributed by atoms with Gasteiger partial charge in [0.2, 0.25) is 0 Å². The van der Waals surface area contributed by atoms with Crippen LogP contribution in [0.25, 0.3) is 0 Å². The molecule has 0 aliphatic heterocycles. The molecule has 3 aromatic rings. The molecule has 1 aromatic carbocycles. The van der Waals surface area contributed by atoms with E-state index in [-0.39, 0.29) is 0 Å². The zero-order valence-corrected chi connectivity index (χ0v) is 17.6. The van der Waals surface area contributed by atoms with Crippen molar-refractivity contribution >= 4 is 17.3 Å². The Labute approximate surface area is 170 Å². The lowest BCUT2D eigenvalue weighted by atomic mass is 10.1. The van der Waals surface area contributed by atoms with E-state index in [9.17, 15) is 0 Å². The maximum absolute atomic E-state index is 4.72. The number of thiazole rings is 1. The average molecular weight is 397 g/mol. The summed E-state index contributed by atoms with van der Waals surface area (Å²) in [7, 11) is 0. The van der Waals surface area contributed by atoms with Crippen LogP contribution < -0.4 is 10.6 Å². The molecule has 2 heterocycles. The first-order valence-electron chi connectivity index (χ1n) is 9.64. The van der Waals surface area contributed by atoms with E-state index in [1.54, 1.807) is 11.3 Å². The molecule has 7 heteroatoms. The fraction of sp³-hybridized carbons (Fsp3) is 0.381. The first-order chi connectivity index (χ1) is 13.7. The number of nitrogens with one attached hydrogen (secondary N) is 2. The molecule has 3 rings (SSSR count). The Kier molecular flexibility index (Phi) is 7.19. The predicted molar refractivity (Wildman–Crippen MR) is 116 cm³/mol. The summed E-state index contributed by atoms with van der Waals surface area (Å²) in [5.41, 5.74) is 2.41. The molecule has 2 aromatic heterocycles. The maximum atomic E-state index is 4.72. The van der Waals surface area contributed by atoms with Crippen LogP contribution >= 0.6 is 11.3 Å². The Hall–Kier alpha value is -2.67. The number of nitrogens with zero attached hydrogens (tertiary/aromatic N) is 4. The number of hydrogen-bond donors (Lipinski definition) is 2. The Balaban J connectivity index is 1.60. The summed E-state index contributed by atoms with van der Waals surface area (Å²) in [6, 6.07) is 10.5. The van der Waals surface area contributed by atoms with Gasteiger partial charge in [0.1, 0.15) is 12.4 Å². The summed E-state index contributed by atoms with van der Waals surface area (Å²) in [5.74, 6) is 1.77. The van der Waals surface area contributed by atoms with Gasteiger partial charge in [0.15, 0.2) is 5.96 Å². The largest absolute Gasteiger partial charge is 0.357 e. The molecule has 0 saturated carbocycles. The molecule has 148 valence electrons. The lowest BCUT2D eigenvalue weighted by molar-refractivity contribution is 0.650. The monoisotopic (exact) mass is 396 g/mol. The van der Waals surface area contributed by atoms with E-state index in [0.29, 0.717) is 6.54 Å². The van der Waals surface area contributed by atoms with Gasteiger partial charge in [-0.1, -0.05) is 30.3 Å². The zero-order valence-electron chi connectivity index (χ0n) is 16.8. The lowest BCUT2D eigenvalue weighted by Gasteiger charge is -2.11. The van der Waals surface area contributed by atoms with Crippen molar-refractivity contribution in [2.24, 2.45) is 4.99 Å². The van der Waals surface area contributed by atoms with E-state index in [2.05, 4.69) is 56.4 Å². The van der Waals surface area contributed by atoms with Gasteiger partial charge in [0, 0.05) is 30.4 Å². The molecule has 0 aliphatic rings. The topological polar surface area (TPSA) is 67.1 Å². The molecule has 0 amide bonds. The van der Waals surface area contributed by atoms with Crippen LogP contribution in [0.1, 0.15) is 33.9 Å². The Morgan fingerprint density at radius 3 is 2.71 bits per heavy atom. The van der Waals surface area contributed by atoms with Crippen molar-refractivity contribution in [2.45, 2.75) is 46.8 Å². The highest BCUT2D eigenvalue weighted by Gasteiger charge is 2.07. The summed E-state index contributed by atoms with van der Waals surface area (Å²) < 4.78 is 2.18. The second-order valence-electron chi connectivity index (χ2n) is 6.56. The fourth-order valence-electron chi connectivity index (χ4n) is 2.98. The number of rotatable bonds is 8. The number of aryl methyl sites for hydroxylation is 4. The van der Waals surface area contributed by atoms with Gasteiger partial charge in [0.05, 0.1) is 17.2 Å². The summed E-state index contributed by atoms with van der Waals surface area (Å²) in [6.07, 6.45) is 4.85. The van der Waals surface area contributed by atoms with Crippen molar-refractivity contribution in [3.8, 4) is 0 Å². The molecule has 28 heavy (non-hydrogen) atoms. The van der Waals surface area contributed by atoms with Crippen molar-refractivity contribution in [1.29, 1.82) is 0 Å². The van der Waals surface area contributed by atoms with Crippen LogP contribution in [0.3, 0.4) is 0 Å². The molecule has 0 unspecified atom stereocenters. The van der Waals surface area contributed by atoms with Gasteiger partial charge < -0.3 is 15.2 Å². The highest BCUT2D eigenvalue weighted by Crippen LogP contribution is 2.16. The van der Waals surface area contributed by atoms with Crippen LogP contribution in [0.5, 0.6) is 0 Å². The van der Waals surface area contributed by atoms with Gasteiger partial charge in [-0.2, -0.15) is 0 Å². The maximum Gasteiger partial charge on any atom is 0.191 e. The third-order valence-electron chi connectivity index (χ3n) is 4.42. The number of benzene rings is 1. The van der Waals surface area contributed by atoms with Gasteiger partial charge >= 0.3 is 0 Å². The van der Waals surface area contributed by atoms with Crippen LogP contribution in [0.2, 0.25) is 0 Å². The van der Waals surface area contributed by atoms with E-state index in [1.807, 2.05) is 32.3 Å². The van der Waals surface area contributed by atoms with Crippen molar-refractivity contribution in [1.82, 2.24) is 25.2 Å². The first kappa shape index (κ1) is 20.1. The molecule has 0 fully saturated rings. The van der Waals surface area contributed by atoms with E-state index >= 15 is 0 Å². The third-order valence-corrected chi connectivity index (χ3v) is 5.50. The average Bonchev–Trinajstić information content (AvgIpc) is 3.28. The van der Waals surface area contributed by atoms with E-state index in [1.165, 1.54) is 10.4 Å². The van der Waals surface area contributed by atoms with Gasteiger partial charge in [0.25, 0.3) is 0 Å². The number of guanidine groups is 1. The molecular formula is C21H28N6S.